The van der Waals surface area contributed by atoms with Crippen LogP contribution in [-0.2, 0) is 48.7 Å². The van der Waals surface area contributed by atoms with Gasteiger partial charge in [0.1, 0.15) is 0 Å². The van der Waals surface area contributed by atoms with Crippen molar-refractivity contribution in [2.75, 3.05) is 14.7 Å². The van der Waals surface area contributed by atoms with Gasteiger partial charge in [-0.25, -0.2) is 0 Å². The highest BCUT2D eigenvalue weighted by Crippen LogP contribution is 2.61. The fourth-order valence-electron chi connectivity index (χ4n) is 17.9. The SMILES string of the molecule is CC1(C)CCC(C)(C)c2cc(N3c4cc5c(cc4B4c6sc7c(c6N(c6ccc8c(c6)C(C)(C)CCC8(C)C)c6cc(N(c8ccccc8)c8cccc9c8-c8ccccc8C9(C)C)cc3c64)C(C)(C)CCC7(C)C)C(C)(C)CCC5(C)C)ccc21. The van der Waals surface area contributed by atoms with Crippen molar-refractivity contribution in [1.82, 2.24) is 0 Å². The molecule has 0 atom stereocenters. The van der Waals surface area contributed by atoms with Crippen molar-refractivity contribution in [3.05, 3.63) is 188 Å². The van der Waals surface area contributed by atoms with E-state index < -0.39 is 0 Å². The minimum Gasteiger partial charge on any atom is -0.311 e. The average Bonchev–Trinajstić information content (AvgIpc) is 1.25. The molecule has 0 amide bonds. The summed E-state index contributed by atoms with van der Waals surface area (Å²) in [6.07, 6.45) is 9.32. The van der Waals surface area contributed by atoms with E-state index in [0.717, 1.165) is 31.4 Å². The number of benzene rings is 7. The molecule has 0 saturated carbocycles. The summed E-state index contributed by atoms with van der Waals surface area (Å²) in [4.78, 5) is 9.88. The number of hydrogen-bond donors (Lipinski definition) is 0. The lowest BCUT2D eigenvalue weighted by atomic mass is 9.35. The van der Waals surface area contributed by atoms with Crippen molar-refractivity contribution < 1.29 is 0 Å². The molecule has 15 rings (SSSR count). The van der Waals surface area contributed by atoms with Gasteiger partial charge in [-0.3, -0.25) is 0 Å². The van der Waals surface area contributed by atoms with Crippen molar-refractivity contribution in [3.8, 4) is 11.1 Å². The maximum atomic E-state index is 2.86. The average molecular weight is 1150 g/mol. The molecule has 7 aromatic carbocycles. The van der Waals surface area contributed by atoms with E-state index in [1.807, 2.05) is 0 Å². The van der Waals surface area contributed by atoms with Gasteiger partial charge < -0.3 is 14.7 Å². The smallest absolute Gasteiger partial charge is 0.264 e. The zero-order valence-electron chi connectivity index (χ0n) is 55.2. The van der Waals surface area contributed by atoms with Crippen molar-refractivity contribution in [2.24, 2.45) is 0 Å². The summed E-state index contributed by atoms with van der Waals surface area (Å²) in [5, 5.41) is 0. The summed E-state index contributed by atoms with van der Waals surface area (Å²) < 4.78 is 1.51. The Hall–Kier alpha value is -6.30. The summed E-state index contributed by atoms with van der Waals surface area (Å²) in [7, 11) is 0. The quantitative estimate of drug-likeness (QED) is 0.159. The summed E-state index contributed by atoms with van der Waals surface area (Å²) in [6, 6.07) is 54.0. The highest BCUT2D eigenvalue weighted by Gasteiger charge is 2.53. The third-order valence-electron chi connectivity index (χ3n) is 23.8. The molecule has 0 fully saturated rings. The molecule has 0 bridgehead atoms. The van der Waals surface area contributed by atoms with Crippen molar-refractivity contribution in [2.45, 2.75) is 225 Å². The standard InChI is InChI=1S/C81H92BN3S/c1-73(2)35-37-75(5,6)58-43-50(31-33-55(58)73)84-64-48-61-60(77(9,10)39-40-78(61,11)12)47-62(64)82-69-65(84)45-52(83(49-25-20-19-21-26-49)63-30-24-29-57-67(63)53-27-22-23-28-54(53)81(57,17)18)46-66(69)85(51-32-34-56-59(44-51)76(7,8)38-36-74(56,3)4)70-68-71(86-72(70)82)80(15,16)42-41-79(68,13)14/h19-34,43-48H,35-42H2,1-18H3. The zero-order chi connectivity index (χ0) is 60.6. The van der Waals surface area contributed by atoms with Crippen LogP contribution in [-0.4, -0.2) is 6.71 Å². The highest BCUT2D eigenvalue weighted by molar-refractivity contribution is 7.29. The lowest BCUT2D eigenvalue weighted by Crippen LogP contribution is -2.61. The van der Waals surface area contributed by atoms with Crippen molar-refractivity contribution in [1.29, 1.82) is 0 Å². The molecule has 5 heteroatoms. The van der Waals surface area contributed by atoms with Crippen LogP contribution in [0.25, 0.3) is 11.1 Å². The fourth-order valence-corrected chi connectivity index (χ4v) is 19.6. The normalized spacial score (nSPS) is 21.5. The van der Waals surface area contributed by atoms with E-state index in [-0.39, 0.29) is 55.4 Å². The molecule has 0 N–H and O–H groups in total. The first-order valence-electron chi connectivity index (χ1n) is 32.9. The fraction of sp³-hybridized carbons (Fsp3) is 0.432. The van der Waals surface area contributed by atoms with E-state index >= 15 is 0 Å². The maximum Gasteiger partial charge on any atom is 0.264 e. The Bertz CT molecular complexity index is 4190. The Kier molecular flexibility index (Phi) is 11.7. The topological polar surface area (TPSA) is 9.72 Å². The Morgan fingerprint density at radius 2 is 0.860 bits per heavy atom. The first-order chi connectivity index (χ1) is 40.3. The van der Waals surface area contributed by atoms with Gasteiger partial charge >= 0.3 is 0 Å². The van der Waals surface area contributed by atoms with E-state index in [2.05, 4.69) is 284 Å². The van der Waals surface area contributed by atoms with Gasteiger partial charge in [0, 0.05) is 54.8 Å². The molecule has 3 heterocycles. The van der Waals surface area contributed by atoms with Crippen molar-refractivity contribution in [3.63, 3.8) is 0 Å². The number of para-hydroxylation sites is 1. The van der Waals surface area contributed by atoms with E-state index in [4.69, 9.17) is 0 Å². The van der Waals surface area contributed by atoms with Crippen LogP contribution in [0.5, 0.6) is 0 Å². The Morgan fingerprint density at radius 1 is 0.384 bits per heavy atom. The largest absolute Gasteiger partial charge is 0.311 e. The second-order valence-corrected chi connectivity index (χ2v) is 34.6. The van der Waals surface area contributed by atoms with E-state index in [1.54, 1.807) is 10.4 Å². The molecule has 0 radical (unpaired) electrons. The van der Waals surface area contributed by atoms with Gasteiger partial charge in [0.15, 0.2) is 0 Å². The van der Waals surface area contributed by atoms with Crippen molar-refractivity contribution >= 4 is 84.9 Å². The van der Waals surface area contributed by atoms with Crippen LogP contribution < -0.4 is 30.4 Å². The molecule has 1 aromatic heterocycles. The highest BCUT2D eigenvalue weighted by atomic mass is 32.1. The summed E-state index contributed by atoms with van der Waals surface area (Å²) >= 11 is 2.17. The third kappa shape index (κ3) is 7.89. The van der Waals surface area contributed by atoms with Crippen LogP contribution in [0.4, 0.5) is 51.2 Å². The number of fused-ring (bicyclic) bond motifs is 12. The maximum absolute atomic E-state index is 2.86. The molecule has 0 unspecified atom stereocenters. The molecular weight excluding hydrogens is 1060 g/mol. The molecule has 8 aromatic rings. The van der Waals surface area contributed by atoms with Crippen LogP contribution >= 0.6 is 11.3 Å². The number of thiophene rings is 1. The molecule has 86 heavy (non-hydrogen) atoms. The van der Waals surface area contributed by atoms with Gasteiger partial charge in [0.2, 0.25) is 0 Å². The van der Waals surface area contributed by atoms with E-state index in [1.165, 1.54) is 143 Å². The van der Waals surface area contributed by atoms with E-state index in [9.17, 15) is 0 Å². The number of anilines is 9. The first kappa shape index (κ1) is 56.2. The minimum absolute atomic E-state index is 0.000263. The van der Waals surface area contributed by atoms with Crippen LogP contribution in [0.3, 0.4) is 0 Å². The third-order valence-corrected chi connectivity index (χ3v) is 25.4. The van der Waals surface area contributed by atoms with E-state index in [0.29, 0.717) is 0 Å². The second kappa shape index (κ2) is 18.0. The lowest BCUT2D eigenvalue weighted by Gasteiger charge is -2.48. The molecule has 2 aliphatic heterocycles. The van der Waals surface area contributed by atoms with Crippen LogP contribution in [0, 0.1) is 0 Å². The Balaban J connectivity index is 1.13. The molecule has 0 spiro atoms. The van der Waals surface area contributed by atoms with Gasteiger partial charge in [-0.15, -0.1) is 0 Å². The molecule has 440 valence electrons. The van der Waals surface area contributed by atoms with Crippen LogP contribution in [0.1, 0.15) is 231 Å². The minimum atomic E-state index is -0.170. The first-order valence-corrected chi connectivity index (χ1v) is 33.7. The van der Waals surface area contributed by atoms with Gasteiger partial charge in [-0.2, -0.15) is 11.3 Å². The predicted octanol–water partition coefficient (Wildman–Crippen LogP) is 21.0. The lowest BCUT2D eigenvalue weighted by molar-refractivity contribution is 0.332. The summed E-state index contributed by atoms with van der Waals surface area (Å²) in [5.41, 5.74) is 30.3. The molecule has 7 aliphatic rings. The predicted molar refractivity (Wildman–Crippen MR) is 372 cm³/mol. The second-order valence-electron chi connectivity index (χ2n) is 33.5. The monoisotopic (exact) mass is 1150 g/mol. The van der Waals surface area contributed by atoms with Gasteiger partial charge in [0.25, 0.3) is 6.71 Å². The molecule has 5 aliphatic carbocycles. The summed E-state index contributed by atoms with van der Waals surface area (Å²) in [6.45, 7) is 45.2. The van der Waals surface area contributed by atoms with Crippen LogP contribution in [0.2, 0.25) is 0 Å². The van der Waals surface area contributed by atoms with Gasteiger partial charge in [0.05, 0.1) is 17.1 Å². The number of rotatable bonds is 5. The van der Waals surface area contributed by atoms with Gasteiger partial charge in [-0.1, -0.05) is 197 Å². The van der Waals surface area contributed by atoms with Crippen LogP contribution in [0.15, 0.2) is 133 Å². The Morgan fingerprint density at radius 3 is 1.45 bits per heavy atom. The van der Waals surface area contributed by atoms with Gasteiger partial charge in [-0.05, 0) is 222 Å². The Labute approximate surface area is 520 Å². The number of hydrogen-bond acceptors (Lipinski definition) is 4. The summed E-state index contributed by atoms with van der Waals surface area (Å²) in [5.74, 6) is 0. The molecule has 0 saturated heterocycles. The zero-order valence-corrected chi connectivity index (χ0v) is 56.0. The number of nitrogens with zero attached hydrogens (tertiary/aromatic N) is 3. The molecule has 3 nitrogen and oxygen atoms in total. The molecular formula is C81H92BN3S.